The quantitative estimate of drug-likeness (QED) is 0.472. The molecule has 5 atom stereocenters. The van der Waals surface area contributed by atoms with Gasteiger partial charge in [0.05, 0.1) is 6.26 Å². The van der Waals surface area contributed by atoms with Crippen molar-refractivity contribution in [2.45, 2.75) is 79.9 Å². The van der Waals surface area contributed by atoms with Gasteiger partial charge in [-0.2, -0.15) is 0 Å². The molecule has 0 spiro atoms. The highest BCUT2D eigenvalue weighted by Gasteiger charge is 2.57. The molecule has 2 aliphatic carbocycles. The maximum atomic E-state index is 12.8. The standard InChI is InChI=1S/C25H34O5/c1-8-14(3)23(26)29-19-11-10-18-12-20-21(16(5)13-28-20)22(25(18,7)17(19)6)30-24(27)15(4)9-2/h8-9,13,17-19,22H,10-12H2,1-7H3/t17-,18+,19-,22+,25+/m0/s1. The van der Waals surface area contributed by atoms with Crippen LogP contribution in [0.2, 0.25) is 0 Å². The van der Waals surface area contributed by atoms with E-state index in [1.807, 2.05) is 20.8 Å². The zero-order valence-corrected chi connectivity index (χ0v) is 19.2. The molecule has 0 aliphatic heterocycles. The van der Waals surface area contributed by atoms with Gasteiger partial charge >= 0.3 is 11.9 Å². The molecule has 0 saturated heterocycles. The second-order valence-electron chi connectivity index (χ2n) is 9.06. The molecule has 1 heterocycles. The molecule has 1 fully saturated rings. The van der Waals surface area contributed by atoms with Gasteiger partial charge in [0, 0.05) is 34.5 Å². The fraction of sp³-hybridized carbons (Fsp3) is 0.600. The fourth-order valence-corrected chi connectivity index (χ4v) is 5.04. The van der Waals surface area contributed by atoms with Gasteiger partial charge < -0.3 is 13.9 Å². The molecule has 3 rings (SSSR count). The molecule has 164 valence electrons. The Morgan fingerprint density at radius 1 is 1.10 bits per heavy atom. The Kier molecular flexibility index (Phi) is 6.30. The lowest BCUT2D eigenvalue weighted by molar-refractivity contribution is -0.183. The molecule has 2 aliphatic rings. The van der Waals surface area contributed by atoms with Crippen molar-refractivity contribution in [3.05, 3.63) is 46.4 Å². The van der Waals surface area contributed by atoms with E-state index in [1.165, 1.54) is 0 Å². The van der Waals surface area contributed by atoms with Crippen LogP contribution in [0.5, 0.6) is 0 Å². The maximum absolute atomic E-state index is 12.8. The van der Waals surface area contributed by atoms with Gasteiger partial charge in [0.15, 0.2) is 0 Å². The summed E-state index contributed by atoms with van der Waals surface area (Å²) in [4.78, 5) is 25.2. The normalized spacial score (nSPS) is 31.6. The van der Waals surface area contributed by atoms with E-state index in [0.717, 1.165) is 36.1 Å². The highest BCUT2D eigenvalue weighted by atomic mass is 16.6. The molecule has 1 aromatic rings. The van der Waals surface area contributed by atoms with Gasteiger partial charge in [-0.1, -0.05) is 26.0 Å². The molecule has 0 aromatic carbocycles. The number of hydrogen-bond acceptors (Lipinski definition) is 5. The number of allylic oxidation sites excluding steroid dienone is 2. The lowest BCUT2D eigenvalue weighted by Crippen LogP contribution is -2.53. The minimum absolute atomic E-state index is 0.0241. The number of rotatable bonds is 4. The average molecular weight is 415 g/mol. The third-order valence-electron chi connectivity index (χ3n) is 7.57. The molecule has 1 saturated carbocycles. The van der Waals surface area contributed by atoms with Crippen molar-refractivity contribution < 1.29 is 23.5 Å². The summed E-state index contributed by atoms with van der Waals surface area (Å²) in [6.07, 6.45) is 7.15. The first-order valence-electron chi connectivity index (χ1n) is 10.9. The summed E-state index contributed by atoms with van der Waals surface area (Å²) in [5.74, 6) is 0.638. The first kappa shape index (κ1) is 22.4. The van der Waals surface area contributed by atoms with E-state index in [2.05, 4.69) is 13.8 Å². The number of carbonyl (C=O) groups is 2. The SMILES string of the molecule is CC=C(C)C(=O)O[C@H]1CC[C@@H]2Cc3occ(C)c3[C@@H](OC(=O)C(C)=CC)[C@]2(C)[C@H]1C. The largest absolute Gasteiger partial charge is 0.469 e. The van der Waals surface area contributed by atoms with Crippen molar-refractivity contribution in [2.75, 3.05) is 0 Å². The van der Waals surface area contributed by atoms with Crippen molar-refractivity contribution in [1.82, 2.24) is 0 Å². The molecular formula is C25H34O5. The van der Waals surface area contributed by atoms with Gasteiger partial charge in [-0.15, -0.1) is 0 Å². The fourth-order valence-electron chi connectivity index (χ4n) is 5.04. The Morgan fingerprint density at radius 2 is 1.70 bits per heavy atom. The van der Waals surface area contributed by atoms with Gasteiger partial charge in [-0.05, 0) is 58.9 Å². The summed E-state index contributed by atoms with van der Waals surface area (Å²) < 4.78 is 17.9. The van der Waals surface area contributed by atoms with Crippen LogP contribution in [0.3, 0.4) is 0 Å². The smallest absolute Gasteiger partial charge is 0.334 e. The van der Waals surface area contributed by atoms with Crippen molar-refractivity contribution in [1.29, 1.82) is 0 Å². The van der Waals surface area contributed by atoms with Crippen molar-refractivity contribution in [3.63, 3.8) is 0 Å². The Balaban J connectivity index is 2.00. The molecule has 0 bridgehead atoms. The highest BCUT2D eigenvalue weighted by Crippen LogP contribution is 2.60. The van der Waals surface area contributed by atoms with E-state index in [4.69, 9.17) is 13.9 Å². The molecule has 30 heavy (non-hydrogen) atoms. The summed E-state index contributed by atoms with van der Waals surface area (Å²) in [6, 6.07) is 0. The van der Waals surface area contributed by atoms with Gasteiger partial charge in [0.25, 0.3) is 0 Å². The molecule has 0 unspecified atom stereocenters. The topological polar surface area (TPSA) is 65.7 Å². The minimum atomic E-state index is -0.438. The van der Waals surface area contributed by atoms with Gasteiger partial charge in [-0.3, -0.25) is 0 Å². The van der Waals surface area contributed by atoms with Crippen molar-refractivity contribution in [2.24, 2.45) is 17.3 Å². The zero-order valence-electron chi connectivity index (χ0n) is 19.2. The number of carbonyl (C=O) groups excluding carboxylic acids is 2. The second kappa shape index (κ2) is 8.44. The minimum Gasteiger partial charge on any atom is -0.469 e. The van der Waals surface area contributed by atoms with Gasteiger partial charge in [0.1, 0.15) is 18.0 Å². The number of aryl methyl sites for hydroxylation is 1. The molecule has 0 radical (unpaired) electrons. The van der Waals surface area contributed by atoms with E-state index in [0.29, 0.717) is 11.1 Å². The first-order chi connectivity index (χ1) is 14.1. The molecule has 1 aromatic heterocycles. The second-order valence-corrected chi connectivity index (χ2v) is 9.06. The van der Waals surface area contributed by atoms with Crippen LogP contribution in [-0.2, 0) is 25.5 Å². The van der Waals surface area contributed by atoms with Gasteiger partial charge in [0.2, 0.25) is 0 Å². The van der Waals surface area contributed by atoms with Crippen LogP contribution in [0.25, 0.3) is 0 Å². The average Bonchev–Trinajstić information content (AvgIpc) is 3.10. The summed E-state index contributed by atoms with van der Waals surface area (Å²) in [7, 11) is 0. The molecule has 0 amide bonds. The van der Waals surface area contributed by atoms with Crippen LogP contribution < -0.4 is 0 Å². The zero-order chi connectivity index (χ0) is 22.2. The van der Waals surface area contributed by atoms with Crippen LogP contribution in [0.15, 0.2) is 34.0 Å². The van der Waals surface area contributed by atoms with Crippen LogP contribution in [0.1, 0.15) is 77.4 Å². The first-order valence-corrected chi connectivity index (χ1v) is 10.9. The third-order valence-corrected chi connectivity index (χ3v) is 7.57. The predicted octanol–water partition coefficient (Wildman–Crippen LogP) is 5.63. The highest BCUT2D eigenvalue weighted by molar-refractivity contribution is 5.88. The summed E-state index contributed by atoms with van der Waals surface area (Å²) >= 11 is 0. The van der Waals surface area contributed by atoms with E-state index in [9.17, 15) is 9.59 Å². The Morgan fingerprint density at radius 3 is 2.30 bits per heavy atom. The van der Waals surface area contributed by atoms with Crippen LogP contribution in [0, 0.1) is 24.2 Å². The van der Waals surface area contributed by atoms with Crippen molar-refractivity contribution in [3.8, 4) is 0 Å². The van der Waals surface area contributed by atoms with E-state index < -0.39 is 6.10 Å². The monoisotopic (exact) mass is 414 g/mol. The summed E-state index contributed by atoms with van der Waals surface area (Å²) in [6.45, 7) is 13.5. The van der Waals surface area contributed by atoms with E-state index in [1.54, 1.807) is 32.3 Å². The number of furan rings is 1. The summed E-state index contributed by atoms with van der Waals surface area (Å²) in [5, 5.41) is 0. The third kappa shape index (κ3) is 3.63. The molecule has 5 heteroatoms. The van der Waals surface area contributed by atoms with Crippen LogP contribution >= 0.6 is 0 Å². The Labute approximate surface area is 179 Å². The van der Waals surface area contributed by atoms with E-state index in [-0.39, 0.29) is 35.3 Å². The summed E-state index contributed by atoms with van der Waals surface area (Å²) in [5.41, 5.74) is 2.81. The predicted molar refractivity (Wildman–Crippen MR) is 115 cm³/mol. The Bertz CT molecular complexity index is 889. The molecule has 5 nitrogen and oxygen atoms in total. The Hall–Kier alpha value is -2.30. The maximum Gasteiger partial charge on any atom is 0.334 e. The van der Waals surface area contributed by atoms with E-state index >= 15 is 0 Å². The number of fused-ring (bicyclic) bond motifs is 2. The lowest BCUT2D eigenvalue weighted by atomic mass is 9.53. The number of ether oxygens (including phenoxy) is 2. The van der Waals surface area contributed by atoms with Gasteiger partial charge in [-0.25, -0.2) is 9.59 Å². The number of hydrogen-bond donors (Lipinski definition) is 0. The lowest BCUT2D eigenvalue weighted by Gasteiger charge is -2.54. The molecular weight excluding hydrogens is 380 g/mol. The molecule has 0 N–H and O–H groups in total. The van der Waals surface area contributed by atoms with Crippen LogP contribution in [0.4, 0.5) is 0 Å². The van der Waals surface area contributed by atoms with Crippen molar-refractivity contribution >= 4 is 11.9 Å². The van der Waals surface area contributed by atoms with Crippen LogP contribution in [-0.4, -0.2) is 18.0 Å². The number of esters is 2.